The van der Waals surface area contributed by atoms with Gasteiger partial charge >= 0.3 is 7.12 Å². The SMILES string of the molecule is CC1(C)O[C@@H]2[C@@H](COc3ccc4cc(C5CC5)cnc4c3)C[C@@H](n3ccc4c(N)ncnc43)[C@@H]2O1.CC1(C)O[C@@H]2[C@H](O1)[C@@H](COc1ccc3cc(Br)cnc3c1)O[C@H]2n1ccc2c(N)ncnc21.OB(O)C1CC1. The molecule has 3 aliphatic heterocycles. The third-order valence-electron chi connectivity index (χ3n) is 14.7. The van der Waals surface area contributed by atoms with Crippen LogP contribution < -0.4 is 20.9 Å². The fourth-order valence-corrected chi connectivity index (χ4v) is 11.1. The molecule has 9 heterocycles. The Morgan fingerprint density at radius 1 is 0.662 bits per heavy atom. The van der Waals surface area contributed by atoms with Gasteiger partial charge in [0.15, 0.2) is 17.8 Å². The average molecular weight is 1070 g/mol. The van der Waals surface area contributed by atoms with E-state index in [4.69, 9.17) is 54.7 Å². The molecule has 74 heavy (non-hydrogen) atoms. The summed E-state index contributed by atoms with van der Waals surface area (Å²) in [7, 11) is -1.04. The molecule has 3 saturated carbocycles. The number of hydrogen-bond acceptors (Lipinski definition) is 17. The second-order valence-electron chi connectivity index (χ2n) is 21.0. The van der Waals surface area contributed by atoms with Crippen LogP contribution in [0.4, 0.5) is 11.6 Å². The zero-order valence-corrected chi connectivity index (χ0v) is 43.0. The van der Waals surface area contributed by atoms with Crippen molar-refractivity contribution in [1.29, 1.82) is 0 Å². The largest absolute Gasteiger partial charge is 0.493 e. The molecule has 0 bridgehead atoms. The smallest absolute Gasteiger partial charge is 0.454 e. The van der Waals surface area contributed by atoms with E-state index in [9.17, 15) is 0 Å². The van der Waals surface area contributed by atoms with Crippen LogP contribution in [0.5, 0.6) is 11.5 Å². The van der Waals surface area contributed by atoms with Crippen molar-refractivity contribution in [3.63, 3.8) is 0 Å². The van der Waals surface area contributed by atoms with Gasteiger partial charge in [0, 0.05) is 58.1 Å². The molecule has 21 heteroatoms. The summed E-state index contributed by atoms with van der Waals surface area (Å²) in [6, 6.07) is 20.2. The maximum atomic E-state index is 8.25. The van der Waals surface area contributed by atoms with E-state index in [1.807, 2.05) is 99.4 Å². The Labute approximate surface area is 435 Å². The second kappa shape index (κ2) is 19.3. The Balaban J connectivity index is 0.000000135. The first kappa shape index (κ1) is 48.9. The van der Waals surface area contributed by atoms with Gasteiger partial charge in [-0.25, -0.2) is 19.9 Å². The number of benzene rings is 2. The van der Waals surface area contributed by atoms with Crippen molar-refractivity contribution >= 4 is 78.6 Å². The van der Waals surface area contributed by atoms with Crippen molar-refractivity contribution in [1.82, 2.24) is 39.0 Å². The minimum absolute atomic E-state index is 0.0636. The normalized spacial score (nSPS) is 26.4. The van der Waals surface area contributed by atoms with Crippen molar-refractivity contribution in [3.8, 4) is 11.5 Å². The van der Waals surface area contributed by atoms with Crippen LogP contribution in [0.3, 0.4) is 0 Å². The van der Waals surface area contributed by atoms with Gasteiger partial charge < -0.3 is 63.8 Å². The summed E-state index contributed by atoms with van der Waals surface area (Å²) in [4.78, 5) is 26.2. The molecule has 6 aromatic heterocycles. The molecular weight excluding hydrogens is 1010 g/mol. The predicted molar refractivity (Wildman–Crippen MR) is 280 cm³/mol. The Bertz CT molecular complexity index is 3370. The van der Waals surface area contributed by atoms with Crippen LogP contribution in [-0.4, -0.2) is 112 Å². The summed E-state index contributed by atoms with van der Waals surface area (Å²) in [6.07, 6.45) is 14.5. The molecule has 8 aromatic rings. The monoisotopic (exact) mass is 1070 g/mol. The minimum Gasteiger partial charge on any atom is -0.493 e. The topological polar surface area (TPSA) is 244 Å². The van der Waals surface area contributed by atoms with Gasteiger partial charge in [-0.1, -0.05) is 12.8 Å². The Hall–Kier alpha value is -6.04. The number of pyridine rings is 2. The number of nitrogens with two attached hydrogens (primary N) is 2. The Kier molecular flexibility index (Phi) is 12.7. The predicted octanol–water partition coefficient (Wildman–Crippen LogP) is 8.04. The lowest BCUT2D eigenvalue weighted by Crippen LogP contribution is -2.33. The molecule has 3 saturated heterocycles. The highest BCUT2D eigenvalue weighted by Crippen LogP contribution is 2.49. The number of nitrogens with zero attached hydrogens (tertiary/aromatic N) is 8. The number of fused-ring (bicyclic) bond motifs is 6. The number of anilines is 2. The molecule has 0 spiro atoms. The summed E-state index contributed by atoms with van der Waals surface area (Å²) >= 11 is 3.45. The average Bonchev–Trinajstić information content (AvgIpc) is 4.19. The molecule has 6 fully saturated rings. The second-order valence-corrected chi connectivity index (χ2v) is 21.9. The van der Waals surface area contributed by atoms with Crippen LogP contribution in [0.25, 0.3) is 43.9 Å². The van der Waals surface area contributed by atoms with E-state index in [-0.39, 0.29) is 48.3 Å². The quantitative estimate of drug-likeness (QED) is 0.0947. The van der Waals surface area contributed by atoms with Gasteiger partial charge in [0.1, 0.15) is 78.1 Å². The van der Waals surface area contributed by atoms with Crippen LogP contribution in [-0.2, 0) is 23.7 Å². The van der Waals surface area contributed by atoms with Crippen molar-refractivity contribution in [2.45, 2.75) is 126 Å². The summed E-state index contributed by atoms with van der Waals surface area (Å²) in [5.41, 5.74) is 16.8. The third kappa shape index (κ3) is 9.87. The van der Waals surface area contributed by atoms with E-state index in [1.165, 1.54) is 31.1 Å². The number of ether oxygens (including phenoxy) is 7. The first-order chi connectivity index (χ1) is 35.6. The van der Waals surface area contributed by atoms with Crippen LogP contribution >= 0.6 is 15.9 Å². The minimum atomic E-state index is -1.04. The Morgan fingerprint density at radius 2 is 1.24 bits per heavy atom. The van der Waals surface area contributed by atoms with Crippen LogP contribution in [0, 0.1) is 5.92 Å². The molecular formula is C53H58BBrN10O9. The molecule has 19 nitrogen and oxygen atoms in total. The number of halogens is 1. The van der Waals surface area contributed by atoms with E-state index in [0.717, 1.165) is 67.7 Å². The Morgan fingerprint density at radius 3 is 1.88 bits per heavy atom. The van der Waals surface area contributed by atoms with Gasteiger partial charge in [0.05, 0.1) is 40.6 Å². The van der Waals surface area contributed by atoms with Gasteiger partial charge in [0.2, 0.25) is 0 Å². The summed E-state index contributed by atoms with van der Waals surface area (Å²) in [5.74, 6) is 2.16. The lowest BCUT2D eigenvalue weighted by atomic mass is 9.84. The highest BCUT2D eigenvalue weighted by atomic mass is 79.9. The number of hydrogen-bond donors (Lipinski definition) is 4. The highest BCUT2D eigenvalue weighted by molar-refractivity contribution is 9.10. The van der Waals surface area contributed by atoms with Crippen LogP contribution in [0.1, 0.15) is 83.6 Å². The van der Waals surface area contributed by atoms with Crippen molar-refractivity contribution < 1.29 is 43.2 Å². The molecule has 384 valence electrons. The van der Waals surface area contributed by atoms with Gasteiger partial charge in [-0.3, -0.25) is 9.97 Å². The van der Waals surface area contributed by atoms with Crippen LogP contribution in [0.2, 0.25) is 5.82 Å². The lowest BCUT2D eigenvalue weighted by molar-refractivity contribution is -0.198. The molecule has 0 unspecified atom stereocenters. The molecule has 2 aromatic carbocycles. The van der Waals surface area contributed by atoms with Gasteiger partial charge in [-0.15, -0.1) is 0 Å². The molecule has 8 atom stereocenters. The molecule has 0 amide bonds. The highest BCUT2D eigenvalue weighted by Gasteiger charge is 2.57. The van der Waals surface area contributed by atoms with E-state index < -0.39 is 24.9 Å². The van der Waals surface area contributed by atoms with Crippen molar-refractivity contribution in [2.75, 3.05) is 24.7 Å². The fraction of sp³-hybridized carbons (Fsp3) is 0.434. The first-order valence-electron chi connectivity index (χ1n) is 25.2. The summed E-state index contributed by atoms with van der Waals surface area (Å²) in [6.45, 7) is 8.59. The van der Waals surface area contributed by atoms with Crippen LogP contribution in [0.15, 0.2) is 103 Å². The van der Waals surface area contributed by atoms with Gasteiger partial charge in [0.25, 0.3) is 0 Å². The van der Waals surface area contributed by atoms with Gasteiger partial charge in [-0.05, 0) is 129 Å². The maximum Gasteiger partial charge on any atom is 0.454 e. The molecule has 6 aliphatic rings. The maximum absolute atomic E-state index is 8.25. The molecule has 14 rings (SSSR count). The first-order valence-corrected chi connectivity index (χ1v) is 26.0. The van der Waals surface area contributed by atoms with E-state index in [0.29, 0.717) is 42.2 Å². The van der Waals surface area contributed by atoms with E-state index in [2.05, 4.69) is 62.5 Å². The molecule has 6 N–H and O–H groups in total. The van der Waals surface area contributed by atoms with Crippen molar-refractivity contribution in [2.24, 2.45) is 5.92 Å². The number of nitrogen functional groups attached to an aromatic ring is 2. The number of rotatable bonds is 10. The number of aromatic nitrogens is 8. The summed E-state index contributed by atoms with van der Waals surface area (Å²) < 4.78 is 49.0. The summed E-state index contributed by atoms with van der Waals surface area (Å²) in [5, 5.41) is 20.3. The standard InChI is InChI=1S/C27H29N5O3.C23H22BrN5O4.C3H7BO2/c1-27(2)34-23-18(10-22(24(23)35-27)32-8-7-20-25(28)30-14-31-26(20)32)13-33-19-6-5-16-9-17(15-3-4-15)12-29-21(16)11-19;1-23(2)32-18-17(10-30-14-4-3-12-7-13(24)9-26-16(12)8-14)31-22(19(18)33-23)29-6-5-15-20(25)27-11-28-21(15)29;5-4(6)3-1-2-3/h5-9,11-12,14-15,18,22-24H,3-4,10,13H2,1-2H3,(H2,28,30,31);3-9,11,17-19,22H,10H2,1-2H3,(H2,25,27,28);3,5-6H,1-2H2/t18-,22-,23-,24+;17-,18-,19-,22-;/m11./s1. The van der Waals surface area contributed by atoms with Gasteiger partial charge in [-0.2, -0.15) is 0 Å². The molecule has 0 radical (unpaired) electrons. The third-order valence-corrected chi connectivity index (χ3v) is 15.1. The zero-order valence-electron chi connectivity index (χ0n) is 41.4. The lowest BCUT2D eigenvalue weighted by Gasteiger charge is -2.25. The fourth-order valence-electron chi connectivity index (χ4n) is 10.8. The molecule has 3 aliphatic carbocycles. The van der Waals surface area contributed by atoms with Crippen molar-refractivity contribution in [3.05, 3.63) is 108 Å². The zero-order chi connectivity index (χ0) is 51.0. The van der Waals surface area contributed by atoms with E-state index in [1.54, 1.807) is 6.20 Å². The van der Waals surface area contributed by atoms with E-state index >= 15 is 0 Å².